The van der Waals surface area contributed by atoms with Crippen LogP contribution in [-0.2, 0) is 11.2 Å². The number of hydrogen-bond donors (Lipinski definition) is 1. The van der Waals surface area contributed by atoms with Gasteiger partial charge in [0.05, 0.1) is 19.6 Å². The molecule has 0 saturated carbocycles. The molecule has 0 spiro atoms. The lowest BCUT2D eigenvalue weighted by atomic mass is 10.1. The van der Waals surface area contributed by atoms with Gasteiger partial charge in [0.25, 0.3) is 0 Å². The van der Waals surface area contributed by atoms with Gasteiger partial charge >= 0.3 is 0 Å². The van der Waals surface area contributed by atoms with Crippen molar-refractivity contribution in [2.75, 3.05) is 19.8 Å². The molecular formula is C18H19Cl2NO3. The summed E-state index contributed by atoms with van der Waals surface area (Å²) in [5, 5.41) is 3.76. The van der Waals surface area contributed by atoms with Gasteiger partial charge in [-0.05, 0) is 48.9 Å². The van der Waals surface area contributed by atoms with Crippen molar-refractivity contribution < 1.29 is 14.3 Å². The molecule has 0 aliphatic heterocycles. The van der Waals surface area contributed by atoms with E-state index in [1.807, 2.05) is 31.2 Å². The van der Waals surface area contributed by atoms with Gasteiger partial charge in [0.1, 0.15) is 18.1 Å². The summed E-state index contributed by atoms with van der Waals surface area (Å²) < 4.78 is 10.9. The molecule has 0 aliphatic rings. The van der Waals surface area contributed by atoms with Gasteiger partial charge in [0, 0.05) is 10.0 Å². The van der Waals surface area contributed by atoms with Crippen LogP contribution in [0.25, 0.3) is 0 Å². The zero-order valence-electron chi connectivity index (χ0n) is 13.4. The van der Waals surface area contributed by atoms with E-state index in [0.29, 0.717) is 35.4 Å². The van der Waals surface area contributed by atoms with Gasteiger partial charge in [-0.15, -0.1) is 0 Å². The average Bonchev–Trinajstić information content (AvgIpc) is 2.57. The van der Waals surface area contributed by atoms with Gasteiger partial charge < -0.3 is 14.8 Å². The van der Waals surface area contributed by atoms with Crippen LogP contribution >= 0.6 is 23.2 Å². The number of carbonyl (C=O) groups excluding carboxylic acids is 1. The van der Waals surface area contributed by atoms with Crippen molar-refractivity contribution in [3.05, 3.63) is 58.1 Å². The summed E-state index contributed by atoms with van der Waals surface area (Å²) >= 11 is 12.1. The maximum absolute atomic E-state index is 11.9. The first-order valence-electron chi connectivity index (χ1n) is 7.65. The third-order valence-electron chi connectivity index (χ3n) is 3.23. The number of hydrogen-bond acceptors (Lipinski definition) is 3. The van der Waals surface area contributed by atoms with Crippen LogP contribution in [-0.4, -0.2) is 25.7 Å². The van der Waals surface area contributed by atoms with Gasteiger partial charge in [-0.1, -0.05) is 29.3 Å². The van der Waals surface area contributed by atoms with Crippen LogP contribution in [0.4, 0.5) is 0 Å². The Morgan fingerprint density at radius 1 is 1.00 bits per heavy atom. The number of rotatable bonds is 8. The van der Waals surface area contributed by atoms with Crippen LogP contribution in [0.1, 0.15) is 12.5 Å². The van der Waals surface area contributed by atoms with Gasteiger partial charge in [-0.25, -0.2) is 0 Å². The summed E-state index contributed by atoms with van der Waals surface area (Å²) in [6.45, 7) is 3.33. The predicted octanol–water partition coefficient (Wildman–Crippen LogP) is 4.13. The molecule has 4 nitrogen and oxygen atoms in total. The zero-order chi connectivity index (χ0) is 17.4. The second-order valence-corrected chi connectivity index (χ2v) is 5.79. The Kier molecular flexibility index (Phi) is 7.22. The van der Waals surface area contributed by atoms with Crippen molar-refractivity contribution in [1.29, 1.82) is 0 Å². The molecule has 6 heteroatoms. The Morgan fingerprint density at radius 3 is 2.17 bits per heavy atom. The standard InChI is InChI=1S/C18H19Cl2NO3/c1-2-23-13-6-8-14(9-7-13)24-11-10-21-18(22)12-15-16(19)4-3-5-17(15)20/h3-9H,2,10-12H2,1H3,(H,21,22). The molecule has 0 saturated heterocycles. The molecule has 0 fully saturated rings. The van der Waals surface area contributed by atoms with E-state index < -0.39 is 0 Å². The lowest BCUT2D eigenvalue weighted by molar-refractivity contribution is -0.120. The molecular weight excluding hydrogens is 349 g/mol. The number of benzene rings is 2. The Hall–Kier alpha value is -1.91. The van der Waals surface area contributed by atoms with E-state index in [1.54, 1.807) is 18.2 Å². The summed E-state index contributed by atoms with van der Waals surface area (Å²) in [5.41, 5.74) is 0.630. The van der Waals surface area contributed by atoms with Crippen LogP contribution < -0.4 is 14.8 Å². The first-order chi connectivity index (χ1) is 11.6. The third kappa shape index (κ3) is 5.62. The highest BCUT2D eigenvalue weighted by Gasteiger charge is 2.10. The van der Waals surface area contributed by atoms with Gasteiger partial charge in [0.15, 0.2) is 0 Å². The summed E-state index contributed by atoms with van der Waals surface area (Å²) in [5.74, 6) is 1.37. The first-order valence-corrected chi connectivity index (χ1v) is 8.41. The van der Waals surface area contributed by atoms with Gasteiger partial charge in [-0.2, -0.15) is 0 Å². The molecule has 2 aromatic rings. The third-order valence-corrected chi connectivity index (χ3v) is 3.93. The maximum atomic E-state index is 11.9. The van der Waals surface area contributed by atoms with Crippen LogP contribution in [0.2, 0.25) is 10.0 Å². The molecule has 2 aromatic carbocycles. The second kappa shape index (κ2) is 9.40. The van der Waals surface area contributed by atoms with Gasteiger partial charge in [-0.3, -0.25) is 4.79 Å². The fourth-order valence-electron chi connectivity index (χ4n) is 2.08. The SMILES string of the molecule is CCOc1ccc(OCCNC(=O)Cc2c(Cl)cccc2Cl)cc1. The molecule has 0 radical (unpaired) electrons. The second-order valence-electron chi connectivity index (χ2n) is 4.98. The van der Waals surface area contributed by atoms with Crippen LogP contribution in [0.5, 0.6) is 11.5 Å². The Morgan fingerprint density at radius 2 is 1.58 bits per heavy atom. The highest BCUT2D eigenvalue weighted by Crippen LogP contribution is 2.24. The predicted molar refractivity (Wildman–Crippen MR) is 96.3 cm³/mol. The van der Waals surface area contributed by atoms with E-state index in [1.165, 1.54) is 0 Å². The lowest BCUT2D eigenvalue weighted by Gasteiger charge is -2.10. The van der Waals surface area contributed by atoms with Crippen LogP contribution in [0, 0.1) is 0 Å². The molecule has 0 bridgehead atoms. The van der Waals surface area contributed by atoms with Crippen molar-refractivity contribution >= 4 is 29.1 Å². The molecule has 0 atom stereocenters. The van der Waals surface area contributed by atoms with E-state index >= 15 is 0 Å². The molecule has 24 heavy (non-hydrogen) atoms. The first kappa shape index (κ1) is 18.4. The minimum atomic E-state index is -0.153. The van der Waals surface area contributed by atoms with Crippen molar-refractivity contribution in [2.24, 2.45) is 0 Å². The van der Waals surface area contributed by atoms with Crippen molar-refractivity contribution in [1.82, 2.24) is 5.32 Å². The van der Waals surface area contributed by atoms with Crippen LogP contribution in [0.15, 0.2) is 42.5 Å². The minimum absolute atomic E-state index is 0.140. The zero-order valence-corrected chi connectivity index (χ0v) is 14.9. The smallest absolute Gasteiger partial charge is 0.224 e. The molecule has 128 valence electrons. The summed E-state index contributed by atoms with van der Waals surface area (Å²) in [6.07, 6.45) is 0.140. The van der Waals surface area contributed by atoms with Crippen LogP contribution in [0.3, 0.4) is 0 Å². The number of carbonyl (C=O) groups is 1. The summed E-state index contributed by atoms with van der Waals surface area (Å²) in [6, 6.07) is 12.5. The monoisotopic (exact) mass is 367 g/mol. The molecule has 0 heterocycles. The molecule has 0 aromatic heterocycles. The Balaban J connectivity index is 1.73. The fourth-order valence-corrected chi connectivity index (χ4v) is 2.61. The summed E-state index contributed by atoms with van der Waals surface area (Å²) in [7, 11) is 0. The van der Waals surface area contributed by atoms with E-state index in [0.717, 1.165) is 11.5 Å². The van der Waals surface area contributed by atoms with Crippen molar-refractivity contribution in [3.8, 4) is 11.5 Å². The highest BCUT2D eigenvalue weighted by molar-refractivity contribution is 6.36. The topological polar surface area (TPSA) is 47.6 Å². The molecule has 2 rings (SSSR count). The van der Waals surface area contributed by atoms with E-state index in [2.05, 4.69) is 5.32 Å². The maximum Gasteiger partial charge on any atom is 0.224 e. The highest BCUT2D eigenvalue weighted by atomic mass is 35.5. The molecule has 1 N–H and O–H groups in total. The number of ether oxygens (including phenoxy) is 2. The normalized spacial score (nSPS) is 10.3. The molecule has 1 amide bonds. The number of halogens is 2. The Labute approximate surface area is 151 Å². The average molecular weight is 368 g/mol. The largest absolute Gasteiger partial charge is 0.494 e. The lowest BCUT2D eigenvalue weighted by Crippen LogP contribution is -2.29. The van der Waals surface area contributed by atoms with Crippen molar-refractivity contribution in [2.45, 2.75) is 13.3 Å². The minimum Gasteiger partial charge on any atom is -0.494 e. The van der Waals surface area contributed by atoms with E-state index in [4.69, 9.17) is 32.7 Å². The Bertz CT molecular complexity index is 654. The summed E-state index contributed by atoms with van der Waals surface area (Å²) in [4.78, 5) is 11.9. The fraction of sp³-hybridized carbons (Fsp3) is 0.278. The molecule has 0 aliphatic carbocycles. The van der Waals surface area contributed by atoms with E-state index in [9.17, 15) is 4.79 Å². The van der Waals surface area contributed by atoms with E-state index in [-0.39, 0.29) is 12.3 Å². The molecule has 0 unspecified atom stereocenters. The van der Waals surface area contributed by atoms with Gasteiger partial charge in [0.2, 0.25) is 5.91 Å². The van der Waals surface area contributed by atoms with Crippen molar-refractivity contribution in [3.63, 3.8) is 0 Å². The number of nitrogens with one attached hydrogen (secondary N) is 1. The number of amides is 1. The quantitative estimate of drug-likeness (QED) is 0.713.